The molecule has 7 nitrogen and oxygen atoms in total. The molecule has 172 valence electrons. The van der Waals surface area contributed by atoms with E-state index in [0.29, 0.717) is 34.5 Å². The summed E-state index contributed by atoms with van der Waals surface area (Å²) in [6, 6.07) is 18.6. The summed E-state index contributed by atoms with van der Waals surface area (Å²) in [6.07, 6.45) is 0.220. The minimum atomic E-state index is -0.184. The number of para-hydroxylation sites is 1. The number of rotatable bonds is 7. The van der Waals surface area contributed by atoms with Crippen molar-refractivity contribution in [1.29, 1.82) is 0 Å². The van der Waals surface area contributed by atoms with Gasteiger partial charge in [-0.1, -0.05) is 12.1 Å². The largest absolute Gasteiger partial charge is 0.497 e. The van der Waals surface area contributed by atoms with Crippen LogP contribution in [0, 0.1) is 0 Å². The molecule has 0 bridgehead atoms. The van der Waals surface area contributed by atoms with E-state index in [9.17, 15) is 9.59 Å². The number of ether oxygens (including phenoxy) is 2. The molecule has 8 heteroatoms. The molecule has 0 unspecified atom stereocenters. The fraction of sp³-hybridized carbons (Fsp3) is 0.200. The molecule has 4 rings (SSSR count). The molecule has 0 saturated heterocycles. The molecular weight excluding hydrogens is 442 g/mol. The van der Waals surface area contributed by atoms with E-state index >= 15 is 0 Å². The first kappa shape index (κ1) is 24.1. The number of nitrogens with two attached hydrogens (primary N) is 1. The van der Waals surface area contributed by atoms with Crippen LogP contribution in [0.3, 0.4) is 0 Å². The maximum absolute atomic E-state index is 13.3. The zero-order valence-electron chi connectivity index (χ0n) is 18.5. The van der Waals surface area contributed by atoms with Crippen LogP contribution in [0.25, 0.3) is 21.8 Å². The lowest BCUT2D eigenvalue weighted by Gasteiger charge is -2.17. The molecule has 1 aromatic heterocycles. The fourth-order valence-corrected chi connectivity index (χ4v) is 3.87. The Hall–Kier alpha value is -3.55. The number of carbonyl (C=O) groups is 1. The number of benzene rings is 3. The second-order valence-corrected chi connectivity index (χ2v) is 7.47. The molecular formula is C25H26ClN3O4. The number of fused-ring (bicyclic) bond motifs is 2. The number of aromatic nitrogens is 1. The van der Waals surface area contributed by atoms with Gasteiger partial charge in [0.05, 0.1) is 25.3 Å². The molecule has 0 aliphatic rings. The van der Waals surface area contributed by atoms with Crippen LogP contribution in [-0.2, 0) is 11.3 Å². The van der Waals surface area contributed by atoms with E-state index in [4.69, 9.17) is 15.2 Å². The third-order valence-electron chi connectivity index (χ3n) is 5.38. The molecule has 0 fully saturated rings. The van der Waals surface area contributed by atoms with Gasteiger partial charge >= 0.3 is 0 Å². The molecule has 1 heterocycles. The Morgan fingerprint density at radius 2 is 1.61 bits per heavy atom. The van der Waals surface area contributed by atoms with Gasteiger partial charge in [0, 0.05) is 42.0 Å². The molecule has 0 spiro atoms. The van der Waals surface area contributed by atoms with Gasteiger partial charge in [0.2, 0.25) is 5.91 Å². The van der Waals surface area contributed by atoms with E-state index in [1.165, 1.54) is 0 Å². The summed E-state index contributed by atoms with van der Waals surface area (Å²) < 4.78 is 12.9. The summed E-state index contributed by atoms with van der Waals surface area (Å²) in [6.45, 7) is 0.768. The molecule has 4 aromatic rings. The maximum Gasteiger partial charge on any atom is 0.225 e. The van der Waals surface area contributed by atoms with Gasteiger partial charge in [-0.15, -0.1) is 12.4 Å². The number of nitrogens with one attached hydrogen (secondary N) is 1. The van der Waals surface area contributed by atoms with Crippen LogP contribution in [-0.4, -0.2) is 31.2 Å². The molecule has 33 heavy (non-hydrogen) atoms. The van der Waals surface area contributed by atoms with Crippen LogP contribution < -0.4 is 26.0 Å². The summed E-state index contributed by atoms with van der Waals surface area (Å²) in [5, 5.41) is 3.95. The fourth-order valence-electron chi connectivity index (χ4n) is 3.87. The number of hydrogen-bond donors (Lipinski definition) is 2. The van der Waals surface area contributed by atoms with E-state index in [0.717, 1.165) is 16.6 Å². The lowest BCUT2D eigenvalue weighted by atomic mass is 10.1. The van der Waals surface area contributed by atoms with Gasteiger partial charge in [0.1, 0.15) is 11.5 Å². The topological polar surface area (TPSA) is 95.6 Å². The lowest BCUT2D eigenvalue weighted by Crippen LogP contribution is -2.17. The number of halogens is 1. The summed E-state index contributed by atoms with van der Waals surface area (Å²) in [7, 11) is 3.23. The number of hydrogen-bond acceptors (Lipinski definition) is 5. The Morgan fingerprint density at radius 3 is 2.27 bits per heavy atom. The summed E-state index contributed by atoms with van der Waals surface area (Å²) in [5.74, 6) is 1.20. The minimum absolute atomic E-state index is 0. The van der Waals surface area contributed by atoms with Gasteiger partial charge in [-0.3, -0.25) is 9.59 Å². The Morgan fingerprint density at radius 1 is 0.939 bits per heavy atom. The first-order chi connectivity index (χ1) is 15.5. The number of pyridine rings is 1. The molecule has 1 amide bonds. The van der Waals surface area contributed by atoms with Crippen molar-refractivity contribution in [2.45, 2.75) is 13.0 Å². The normalized spacial score (nSPS) is 10.6. The van der Waals surface area contributed by atoms with Crippen molar-refractivity contribution in [3.8, 4) is 11.5 Å². The number of carbonyl (C=O) groups excluding carboxylic acids is 1. The summed E-state index contributed by atoms with van der Waals surface area (Å²) in [4.78, 5) is 25.2. The van der Waals surface area contributed by atoms with E-state index < -0.39 is 0 Å². The lowest BCUT2D eigenvalue weighted by molar-refractivity contribution is -0.116. The van der Waals surface area contributed by atoms with Crippen molar-refractivity contribution in [3.05, 3.63) is 76.5 Å². The molecule has 0 radical (unpaired) electrons. The minimum Gasteiger partial charge on any atom is -0.497 e. The van der Waals surface area contributed by atoms with Crippen molar-refractivity contribution in [1.82, 2.24) is 4.57 Å². The predicted molar refractivity (Wildman–Crippen MR) is 134 cm³/mol. The SMILES string of the molecule is COc1cc(Cn2c3ccccc3c(=O)c3cc(NC(=O)CCN)ccc32)cc(OC)c1.Cl. The van der Waals surface area contributed by atoms with Crippen LogP contribution in [0.15, 0.2) is 65.5 Å². The van der Waals surface area contributed by atoms with Crippen LogP contribution in [0.2, 0.25) is 0 Å². The van der Waals surface area contributed by atoms with Gasteiger partial charge in [-0.2, -0.15) is 0 Å². The van der Waals surface area contributed by atoms with Crippen molar-refractivity contribution in [2.24, 2.45) is 5.73 Å². The van der Waals surface area contributed by atoms with E-state index in [-0.39, 0.29) is 36.7 Å². The van der Waals surface area contributed by atoms with Gasteiger partial charge in [0.25, 0.3) is 0 Å². The molecule has 0 aliphatic carbocycles. The highest BCUT2D eigenvalue weighted by atomic mass is 35.5. The second-order valence-electron chi connectivity index (χ2n) is 7.47. The highest BCUT2D eigenvalue weighted by Gasteiger charge is 2.13. The van der Waals surface area contributed by atoms with E-state index in [1.807, 2.05) is 48.5 Å². The number of nitrogens with zero attached hydrogens (tertiary/aromatic N) is 1. The van der Waals surface area contributed by atoms with Crippen LogP contribution in [0.4, 0.5) is 5.69 Å². The molecule has 0 aliphatic heterocycles. The van der Waals surface area contributed by atoms with Crippen molar-refractivity contribution in [3.63, 3.8) is 0 Å². The Kier molecular flexibility index (Phi) is 7.58. The standard InChI is InChI=1S/C25H25N3O4.ClH/c1-31-18-11-16(12-19(14-18)32-2)15-28-22-6-4-3-5-20(22)25(30)21-13-17(7-8-23(21)28)27-24(29)9-10-26;/h3-8,11-14H,9-10,15,26H2,1-2H3,(H,27,29);1H. The van der Waals surface area contributed by atoms with Crippen molar-refractivity contribution >= 4 is 45.8 Å². The third-order valence-corrected chi connectivity index (χ3v) is 5.38. The Bertz CT molecular complexity index is 1350. The average Bonchev–Trinajstić information content (AvgIpc) is 2.81. The van der Waals surface area contributed by atoms with E-state index in [1.54, 1.807) is 26.4 Å². The zero-order valence-corrected chi connectivity index (χ0v) is 19.3. The Balaban J connectivity index is 0.00000306. The van der Waals surface area contributed by atoms with Crippen LogP contribution in [0.5, 0.6) is 11.5 Å². The maximum atomic E-state index is 13.3. The number of anilines is 1. The zero-order chi connectivity index (χ0) is 22.7. The van der Waals surface area contributed by atoms with Crippen molar-refractivity contribution < 1.29 is 14.3 Å². The molecule has 0 saturated carbocycles. The predicted octanol–water partition coefficient (Wildman–Crippen LogP) is 3.93. The smallest absolute Gasteiger partial charge is 0.225 e. The number of amides is 1. The van der Waals surface area contributed by atoms with Crippen molar-refractivity contribution in [2.75, 3.05) is 26.1 Å². The first-order valence-electron chi connectivity index (χ1n) is 10.3. The quantitative estimate of drug-likeness (QED) is 0.401. The number of methoxy groups -OCH3 is 2. The van der Waals surface area contributed by atoms with E-state index in [2.05, 4.69) is 9.88 Å². The van der Waals surface area contributed by atoms with Crippen LogP contribution in [0.1, 0.15) is 12.0 Å². The van der Waals surface area contributed by atoms with Gasteiger partial charge in [0.15, 0.2) is 5.43 Å². The monoisotopic (exact) mass is 467 g/mol. The van der Waals surface area contributed by atoms with Gasteiger partial charge in [-0.05, 0) is 48.0 Å². The van der Waals surface area contributed by atoms with Gasteiger partial charge in [-0.25, -0.2) is 0 Å². The highest BCUT2D eigenvalue weighted by Crippen LogP contribution is 2.27. The van der Waals surface area contributed by atoms with Gasteiger partial charge < -0.3 is 25.1 Å². The summed E-state index contributed by atoms with van der Waals surface area (Å²) >= 11 is 0. The Labute approximate surface area is 197 Å². The second kappa shape index (κ2) is 10.4. The molecule has 3 aromatic carbocycles. The molecule has 3 N–H and O–H groups in total. The summed E-state index contributed by atoms with van der Waals surface area (Å²) in [5.41, 5.74) is 8.52. The highest BCUT2D eigenvalue weighted by molar-refractivity contribution is 5.97. The first-order valence-corrected chi connectivity index (χ1v) is 10.3. The van der Waals surface area contributed by atoms with Crippen LogP contribution >= 0.6 is 12.4 Å². The average molecular weight is 468 g/mol. The molecule has 0 atom stereocenters. The third kappa shape index (κ3) is 4.94.